The molecule has 0 saturated carbocycles. The van der Waals surface area contributed by atoms with Gasteiger partial charge in [0.05, 0.1) is 26.2 Å². The number of aryl methyl sites for hydroxylation is 1. The van der Waals surface area contributed by atoms with E-state index >= 15 is 0 Å². The number of hydrogen-bond acceptors (Lipinski definition) is 4. The topological polar surface area (TPSA) is 67.9 Å². The third-order valence-corrected chi connectivity index (χ3v) is 5.57. The highest BCUT2D eigenvalue weighted by molar-refractivity contribution is 5.90. The summed E-state index contributed by atoms with van der Waals surface area (Å²) in [5, 5.41) is 3.02. The van der Waals surface area contributed by atoms with Gasteiger partial charge in [-0.3, -0.25) is 9.59 Å². The Hall–Kier alpha value is -3.02. The van der Waals surface area contributed by atoms with E-state index in [1.54, 1.807) is 19.1 Å². The smallest absolute Gasteiger partial charge is 0.226 e. The Morgan fingerprint density at radius 2 is 1.86 bits per heavy atom. The fraction of sp³-hybridized carbons (Fsp3) is 0.391. The van der Waals surface area contributed by atoms with E-state index in [2.05, 4.69) is 5.32 Å². The summed E-state index contributed by atoms with van der Waals surface area (Å²) in [4.78, 5) is 27.4. The lowest BCUT2D eigenvalue weighted by atomic mass is 9.92. The number of carbonyl (C=O) groups is 2. The van der Waals surface area contributed by atoms with Crippen LogP contribution in [0.15, 0.2) is 42.5 Å². The van der Waals surface area contributed by atoms with Crippen molar-refractivity contribution in [3.63, 3.8) is 0 Å². The molecule has 6 heteroatoms. The second-order valence-corrected chi connectivity index (χ2v) is 7.19. The predicted molar refractivity (Wildman–Crippen MR) is 111 cm³/mol. The minimum absolute atomic E-state index is 0.0108. The van der Waals surface area contributed by atoms with E-state index < -0.39 is 5.92 Å². The van der Waals surface area contributed by atoms with Crippen molar-refractivity contribution in [2.45, 2.75) is 32.9 Å². The number of methoxy groups -OCH3 is 2. The lowest BCUT2D eigenvalue weighted by molar-refractivity contribution is -0.129. The molecule has 1 N–H and O–H groups in total. The second-order valence-electron chi connectivity index (χ2n) is 7.19. The summed E-state index contributed by atoms with van der Waals surface area (Å²) in [5.41, 5.74) is 3.06. The van der Waals surface area contributed by atoms with Gasteiger partial charge in [0, 0.05) is 19.5 Å². The Bertz CT molecular complexity index is 896. The molecule has 0 spiro atoms. The van der Waals surface area contributed by atoms with Crippen LogP contribution in [-0.2, 0) is 16.1 Å². The molecule has 0 bridgehead atoms. The maximum absolute atomic E-state index is 13.1. The van der Waals surface area contributed by atoms with Crippen molar-refractivity contribution >= 4 is 11.8 Å². The van der Waals surface area contributed by atoms with E-state index in [1.165, 1.54) is 0 Å². The quantitative estimate of drug-likeness (QED) is 0.780. The van der Waals surface area contributed by atoms with Crippen molar-refractivity contribution in [1.82, 2.24) is 10.2 Å². The van der Waals surface area contributed by atoms with Gasteiger partial charge in [-0.05, 0) is 42.7 Å². The first-order valence-electron chi connectivity index (χ1n) is 9.83. The Kier molecular flexibility index (Phi) is 6.42. The van der Waals surface area contributed by atoms with Crippen molar-refractivity contribution in [1.29, 1.82) is 0 Å². The van der Waals surface area contributed by atoms with Crippen molar-refractivity contribution in [3.8, 4) is 11.5 Å². The molecule has 2 aromatic carbocycles. The monoisotopic (exact) mass is 396 g/mol. The van der Waals surface area contributed by atoms with Gasteiger partial charge in [-0.2, -0.15) is 0 Å². The van der Waals surface area contributed by atoms with Gasteiger partial charge in [-0.15, -0.1) is 0 Å². The molecule has 29 heavy (non-hydrogen) atoms. The van der Waals surface area contributed by atoms with Crippen LogP contribution in [0.25, 0.3) is 0 Å². The predicted octanol–water partition coefficient (Wildman–Crippen LogP) is 3.24. The number of nitrogens with zero attached hydrogens (tertiary/aromatic N) is 1. The largest absolute Gasteiger partial charge is 0.493 e. The van der Waals surface area contributed by atoms with E-state index in [4.69, 9.17) is 9.47 Å². The van der Waals surface area contributed by atoms with Crippen LogP contribution in [0.5, 0.6) is 11.5 Å². The van der Waals surface area contributed by atoms with Crippen LogP contribution >= 0.6 is 0 Å². The maximum atomic E-state index is 13.1. The molecule has 1 saturated heterocycles. The third-order valence-electron chi connectivity index (χ3n) is 5.57. The fourth-order valence-corrected chi connectivity index (χ4v) is 3.97. The zero-order valence-corrected chi connectivity index (χ0v) is 17.4. The number of benzene rings is 2. The number of likely N-dealkylation sites (tertiary alicyclic amines) is 1. The van der Waals surface area contributed by atoms with Gasteiger partial charge in [0.15, 0.2) is 11.5 Å². The molecule has 6 nitrogen and oxygen atoms in total. The second kappa shape index (κ2) is 8.99. The lowest BCUT2D eigenvalue weighted by Crippen LogP contribution is -2.35. The molecule has 0 unspecified atom stereocenters. The number of hydrogen-bond donors (Lipinski definition) is 1. The molecule has 0 radical (unpaired) electrons. The average molecular weight is 396 g/mol. The van der Waals surface area contributed by atoms with Crippen LogP contribution in [0.4, 0.5) is 0 Å². The average Bonchev–Trinajstić information content (AvgIpc) is 3.08. The van der Waals surface area contributed by atoms with Crippen LogP contribution in [0.2, 0.25) is 0 Å². The van der Waals surface area contributed by atoms with E-state index in [0.29, 0.717) is 24.6 Å². The minimum atomic E-state index is -0.454. The van der Waals surface area contributed by atoms with Gasteiger partial charge in [0.1, 0.15) is 0 Å². The SMILES string of the molecule is CCN1C(=O)C[C@@H](C(=O)NCc2ccccc2C)[C@@H]1c1ccc(OC)c(OC)c1. The molecule has 2 atom stereocenters. The highest BCUT2D eigenvalue weighted by atomic mass is 16.5. The molecule has 1 heterocycles. The van der Waals surface area contributed by atoms with Gasteiger partial charge < -0.3 is 19.7 Å². The lowest BCUT2D eigenvalue weighted by Gasteiger charge is -2.28. The first-order chi connectivity index (χ1) is 14.0. The van der Waals surface area contributed by atoms with Gasteiger partial charge in [0.25, 0.3) is 0 Å². The molecule has 2 amide bonds. The molecule has 1 aliphatic heterocycles. The molecule has 0 aromatic heterocycles. The maximum Gasteiger partial charge on any atom is 0.226 e. The van der Waals surface area contributed by atoms with E-state index in [9.17, 15) is 9.59 Å². The van der Waals surface area contributed by atoms with Crippen LogP contribution in [0, 0.1) is 12.8 Å². The Morgan fingerprint density at radius 1 is 1.14 bits per heavy atom. The highest BCUT2D eigenvalue weighted by Crippen LogP contribution is 2.41. The van der Waals surface area contributed by atoms with Gasteiger partial charge in [0.2, 0.25) is 11.8 Å². The van der Waals surface area contributed by atoms with Crippen molar-refractivity contribution < 1.29 is 19.1 Å². The van der Waals surface area contributed by atoms with Crippen molar-refractivity contribution in [3.05, 3.63) is 59.2 Å². The molecular formula is C23H28N2O4. The first kappa shape index (κ1) is 20.7. The zero-order valence-electron chi connectivity index (χ0n) is 17.4. The van der Waals surface area contributed by atoms with Gasteiger partial charge >= 0.3 is 0 Å². The van der Waals surface area contributed by atoms with Crippen LogP contribution in [0.3, 0.4) is 0 Å². The minimum Gasteiger partial charge on any atom is -0.493 e. The number of carbonyl (C=O) groups excluding carboxylic acids is 2. The molecule has 0 aliphatic carbocycles. The number of nitrogens with one attached hydrogen (secondary N) is 1. The summed E-state index contributed by atoms with van der Waals surface area (Å²) in [6.45, 7) is 4.94. The molecular weight excluding hydrogens is 368 g/mol. The molecule has 1 fully saturated rings. The van der Waals surface area contributed by atoms with Crippen LogP contribution in [0.1, 0.15) is 36.1 Å². The standard InChI is InChI=1S/C23H28N2O4/c1-5-25-21(26)13-18(23(27)24-14-17-9-7-6-8-15(17)2)22(25)16-10-11-19(28-3)20(12-16)29-4/h6-12,18,22H,5,13-14H2,1-4H3,(H,24,27)/t18-,22+/m1/s1. The fourth-order valence-electron chi connectivity index (χ4n) is 3.97. The number of ether oxygens (including phenoxy) is 2. The summed E-state index contributed by atoms with van der Waals surface area (Å²) in [5.74, 6) is 0.619. The van der Waals surface area contributed by atoms with Gasteiger partial charge in [-0.1, -0.05) is 30.3 Å². The van der Waals surface area contributed by atoms with Crippen molar-refractivity contribution in [2.75, 3.05) is 20.8 Å². The normalized spacial score (nSPS) is 18.6. The molecule has 1 aliphatic rings. The molecule has 2 aromatic rings. The Labute approximate surface area is 171 Å². The third kappa shape index (κ3) is 4.21. The summed E-state index contributed by atoms with van der Waals surface area (Å²) >= 11 is 0. The summed E-state index contributed by atoms with van der Waals surface area (Å²) < 4.78 is 10.7. The number of rotatable bonds is 7. The summed E-state index contributed by atoms with van der Waals surface area (Å²) in [6, 6.07) is 13.2. The van der Waals surface area contributed by atoms with Gasteiger partial charge in [-0.25, -0.2) is 0 Å². The van der Waals surface area contributed by atoms with E-state index in [-0.39, 0.29) is 24.3 Å². The summed E-state index contributed by atoms with van der Waals surface area (Å²) in [7, 11) is 3.15. The Morgan fingerprint density at radius 3 is 2.52 bits per heavy atom. The van der Waals surface area contributed by atoms with Crippen LogP contribution in [-0.4, -0.2) is 37.5 Å². The van der Waals surface area contributed by atoms with Crippen LogP contribution < -0.4 is 14.8 Å². The van der Waals surface area contributed by atoms with E-state index in [0.717, 1.165) is 16.7 Å². The Balaban J connectivity index is 1.85. The molecule has 154 valence electrons. The first-order valence-corrected chi connectivity index (χ1v) is 9.83. The molecule has 3 rings (SSSR count). The van der Waals surface area contributed by atoms with E-state index in [1.807, 2.05) is 56.3 Å². The summed E-state index contributed by atoms with van der Waals surface area (Å²) in [6.07, 6.45) is 0.201. The van der Waals surface area contributed by atoms with Crippen molar-refractivity contribution in [2.24, 2.45) is 5.92 Å². The zero-order chi connectivity index (χ0) is 21.0. The number of amides is 2. The highest BCUT2D eigenvalue weighted by Gasteiger charge is 2.43.